The molecule has 2 atom stereocenters. The van der Waals surface area contributed by atoms with Gasteiger partial charge in [-0.2, -0.15) is 0 Å². The third-order valence-corrected chi connectivity index (χ3v) is 7.58. The molecule has 1 aromatic heterocycles. The van der Waals surface area contributed by atoms with Crippen molar-refractivity contribution in [3.8, 4) is 11.5 Å². The van der Waals surface area contributed by atoms with Gasteiger partial charge in [-0.3, -0.25) is 9.59 Å². The number of nitrogens with one attached hydrogen (secondary N) is 2. The molecule has 0 aliphatic heterocycles. The van der Waals surface area contributed by atoms with Gasteiger partial charge in [0.2, 0.25) is 0 Å². The van der Waals surface area contributed by atoms with Crippen LogP contribution in [0, 0.1) is 11.8 Å². The lowest BCUT2D eigenvalue weighted by atomic mass is 9.88. The lowest BCUT2D eigenvalue weighted by molar-refractivity contribution is -0.150. The Balaban J connectivity index is 1.67. The number of benzene rings is 1. The van der Waals surface area contributed by atoms with Gasteiger partial charge in [0.1, 0.15) is 22.5 Å². The Morgan fingerprint density at radius 1 is 1.05 bits per heavy atom. The van der Waals surface area contributed by atoms with Crippen LogP contribution in [0.2, 0.25) is 0 Å². The predicted octanol–water partition coefficient (Wildman–Crippen LogP) is 4.00. The second-order valence-corrected chi connectivity index (χ2v) is 10.8. The molecule has 212 valence electrons. The predicted molar refractivity (Wildman–Crippen MR) is 147 cm³/mol. The number of hydrogen-bond donors (Lipinski definition) is 2. The van der Waals surface area contributed by atoms with Crippen LogP contribution < -0.4 is 20.1 Å². The van der Waals surface area contributed by atoms with E-state index >= 15 is 0 Å². The summed E-state index contributed by atoms with van der Waals surface area (Å²) in [6, 6.07) is 3.67. The van der Waals surface area contributed by atoms with Crippen molar-refractivity contribution in [1.29, 1.82) is 0 Å². The molecule has 2 N–H and O–H groups in total. The number of rotatable bonds is 11. The fraction of sp³-hybridized carbons (Fsp3) is 0.500. The first kappa shape index (κ1) is 29.9. The van der Waals surface area contributed by atoms with Gasteiger partial charge in [-0.05, 0) is 55.7 Å². The van der Waals surface area contributed by atoms with E-state index in [4.69, 9.17) is 18.9 Å². The highest BCUT2D eigenvalue weighted by Gasteiger charge is 2.30. The minimum atomic E-state index is -1.01. The molecule has 0 saturated carbocycles. The van der Waals surface area contributed by atoms with Crippen LogP contribution in [0.1, 0.15) is 65.3 Å². The number of carbonyl (C=O) groups is 4. The molecule has 1 heterocycles. The average Bonchev–Trinajstić information content (AvgIpc) is 3.26. The lowest BCUT2D eigenvalue weighted by Crippen LogP contribution is -2.46. The van der Waals surface area contributed by atoms with E-state index in [0.29, 0.717) is 28.0 Å². The minimum Gasteiger partial charge on any atom is -0.497 e. The molecule has 0 fully saturated rings. The summed E-state index contributed by atoms with van der Waals surface area (Å²) in [5.74, 6) is -1.34. The average molecular weight is 561 g/mol. The summed E-state index contributed by atoms with van der Waals surface area (Å²) in [4.78, 5) is 52.3. The number of thiophene rings is 1. The standard InChI is InChI=1S/C28H36N2O8S/c1-7-37-27(33)23-20-9-8-16(4)10-21(20)39-26(23)29-22(31)14-38-28(34)24(15(2)3)30-25(32)17-11-18(35-5)13-19(12-17)36-6/h11-13,15-16,24H,7-10,14H2,1-6H3,(H,29,31)(H,30,32)/t16-,24+/m1/s1. The smallest absolute Gasteiger partial charge is 0.341 e. The summed E-state index contributed by atoms with van der Waals surface area (Å²) in [7, 11) is 2.94. The third-order valence-electron chi connectivity index (χ3n) is 6.41. The number of anilines is 1. The second kappa shape index (κ2) is 13.5. The summed E-state index contributed by atoms with van der Waals surface area (Å²) in [6.07, 6.45) is 2.51. The van der Waals surface area contributed by atoms with E-state index in [0.717, 1.165) is 29.7 Å². The van der Waals surface area contributed by atoms with Gasteiger partial charge in [0.25, 0.3) is 11.8 Å². The highest BCUT2D eigenvalue weighted by atomic mass is 32.1. The molecule has 2 aromatic rings. The van der Waals surface area contributed by atoms with Crippen molar-refractivity contribution < 1.29 is 38.1 Å². The van der Waals surface area contributed by atoms with Crippen LogP contribution in [0.4, 0.5) is 5.00 Å². The molecule has 39 heavy (non-hydrogen) atoms. The fourth-order valence-corrected chi connectivity index (χ4v) is 5.72. The Kier molecular flexibility index (Phi) is 10.3. The van der Waals surface area contributed by atoms with Crippen molar-refractivity contribution in [1.82, 2.24) is 5.32 Å². The molecule has 1 aliphatic carbocycles. The van der Waals surface area contributed by atoms with E-state index in [1.165, 1.54) is 37.7 Å². The number of esters is 2. The van der Waals surface area contributed by atoms with Crippen molar-refractivity contribution in [2.75, 3.05) is 32.8 Å². The van der Waals surface area contributed by atoms with E-state index in [-0.39, 0.29) is 18.1 Å². The van der Waals surface area contributed by atoms with Crippen LogP contribution in [-0.4, -0.2) is 57.2 Å². The molecule has 0 spiro atoms. The summed E-state index contributed by atoms with van der Waals surface area (Å²) in [6.45, 7) is 7.02. The van der Waals surface area contributed by atoms with Gasteiger partial charge in [0.05, 0.1) is 26.4 Å². The summed E-state index contributed by atoms with van der Waals surface area (Å²) in [5, 5.41) is 5.79. The first-order valence-corrected chi connectivity index (χ1v) is 13.7. The number of amides is 2. The molecule has 0 radical (unpaired) electrons. The maximum absolute atomic E-state index is 12.9. The van der Waals surface area contributed by atoms with E-state index in [1.54, 1.807) is 26.8 Å². The maximum Gasteiger partial charge on any atom is 0.341 e. The van der Waals surface area contributed by atoms with Gasteiger partial charge < -0.3 is 29.6 Å². The second-order valence-electron chi connectivity index (χ2n) is 9.73. The SMILES string of the molecule is CCOC(=O)c1c(NC(=O)COC(=O)[C@@H](NC(=O)c2cc(OC)cc(OC)c2)C(C)C)sc2c1CC[C@@H](C)C2. The Bertz CT molecular complexity index is 1200. The third kappa shape index (κ3) is 7.50. The number of hydrogen-bond acceptors (Lipinski definition) is 9. The highest BCUT2D eigenvalue weighted by Crippen LogP contribution is 2.40. The Morgan fingerprint density at radius 2 is 1.72 bits per heavy atom. The zero-order chi connectivity index (χ0) is 28.7. The van der Waals surface area contributed by atoms with Gasteiger partial charge in [-0.1, -0.05) is 20.8 Å². The maximum atomic E-state index is 12.9. The van der Waals surface area contributed by atoms with Crippen LogP contribution >= 0.6 is 11.3 Å². The van der Waals surface area contributed by atoms with Crippen molar-refractivity contribution >= 4 is 40.1 Å². The first-order valence-electron chi connectivity index (χ1n) is 12.9. The number of ether oxygens (including phenoxy) is 4. The van der Waals surface area contributed by atoms with Crippen molar-refractivity contribution in [3.63, 3.8) is 0 Å². The number of fused-ring (bicyclic) bond motifs is 1. The molecule has 3 rings (SSSR count). The van der Waals surface area contributed by atoms with Gasteiger partial charge >= 0.3 is 11.9 Å². The van der Waals surface area contributed by atoms with Crippen LogP contribution in [-0.2, 0) is 31.9 Å². The van der Waals surface area contributed by atoms with Crippen LogP contribution in [0.3, 0.4) is 0 Å². The Hall–Kier alpha value is -3.60. The molecular formula is C28H36N2O8S. The zero-order valence-electron chi connectivity index (χ0n) is 23.2. The summed E-state index contributed by atoms with van der Waals surface area (Å²) >= 11 is 1.35. The monoisotopic (exact) mass is 560 g/mol. The molecule has 11 heteroatoms. The lowest BCUT2D eigenvalue weighted by Gasteiger charge is -2.21. The topological polar surface area (TPSA) is 129 Å². The number of carbonyl (C=O) groups excluding carboxylic acids is 4. The fourth-order valence-electron chi connectivity index (χ4n) is 4.31. The Morgan fingerprint density at radius 3 is 2.31 bits per heavy atom. The van der Waals surface area contributed by atoms with Gasteiger partial charge in [-0.25, -0.2) is 9.59 Å². The van der Waals surface area contributed by atoms with E-state index < -0.39 is 36.4 Å². The highest BCUT2D eigenvalue weighted by molar-refractivity contribution is 7.17. The molecule has 0 saturated heterocycles. The van der Waals surface area contributed by atoms with Crippen LogP contribution in [0.5, 0.6) is 11.5 Å². The van der Waals surface area contributed by atoms with Gasteiger partial charge in [0.15, 0.2) is 6.61 Å². The first-order chi connectivity index (χ1) is 18.6. The van der Waals surface area contributed by atoms with E-state index in [2.05, 4.69) is 17.6 Å². The quantitative estimate of drug-likeness (QED) is 0.395. The normalized spacial score (nSPS) is 15.1. The molecule has 10 nitrogen and oxygen atoms in total. The van der Waals surface area contributed by atoms with Crippen LogP contribution in [0.25, 0.3) is 0 Å². The van der Waals surface area contributed by atoms with Crippen LogP contribution in [0.15, 0.2) is 18.2 Å². The summed E-state index contributed by atoms with van der Waals surface area (Å²) in [5.41, 5.74) is 1.54. The number of methoxy groups -OCH3 is 2. The van der Waals surface area contributed by atoms with E-state index in [9.17, 15) is 19.2 Å². The van der Waals surface area contributed by atoms with E-state index in [1.807, 2.05) is 0 Å². The summed E-state index contributed by atoms with van der Waals surface area (Å²) < 4.78 is 20.9. The zero-order valence-corrected chi connectivity index (χ0v) is 24.0. The van der Waals surface area contributed by atoms with Gasteiger partial charge in [-0.15, -0.1) is 11.3 Å². The molecule has 2 amide bonds. The molecule has 0 unspecified atom stereocenters. The van der Waals surface area contributed by atoms with Crippen molar-refractivity contribution in [2.24, 2.45) is 11.8 Å². The largest absolute Gasteiger partial charge is 0.497 e. The molecule has 0 bridgehead atoms. The molecule has 1 aromatic carbocycles. The van der Waals surface area contributed by atoms with Crippen molar-refractivity contribution in [2.45, 2.75) is 53.0 Å². The van der Waals surface area contributed by atoms with Crippen molar-refractivity contribution in [3.05, 3.63) is 39.8 Å². The van der Waals surface area contributed by atoms with Gasteiger partial charge in [0, 0.05) is 16.5 Å². The molecular weight excluding hydrogens is 524 g/mol. The Labute approximate surface area is 232 Å². The molecule has 1 aliphatic rings. The minimum absolute atomic E-state index is 0.218.